The zero-order chi connectivity index (χ0) is 28.0. The van der Waals surface area contributed by atoms with Gasteiger partial charge in [-0.3, -0.25) is 4.79 Å². The molecule has 2 N–H and O–H groups in total. The first-order valence-electron chi connectivity index (χ1n) is 12.4. The summed E-state index contributed by atoms with van der Waals surface area (Å²) in [5.74, 6) is -0.0638. The number of carbonyl (C=O) groups excluding carboxylic acids is 1. The number of ether oxygens (including phenoxy) is 1. The van der Waals surface area contributed by atoms with Gasteiger partial charge in [0, 0.05) is 38.4 Å². The van der Waals surface area contributed by atoms with Crippen LogP contribution in [0.25, 0.3) is 0 Å². The van der Waals surface area contributed by atoms with Crippen LogP contribution in [0.4, 0.5) is 5.69 Å². The van der Waals surface area contributed by atoms with Crippen LogP contribution in [0.3, 0.4) is 0 Å². The molecule has 3 aromatic rings. The Labute approximate surface area is 229 Å². The van der Waals surface area contributed by atoms with Crippen LogP contribution in [0.2, 0.25) is 0 Å². The second-order valence-corrected chi connectivity index (χ2v) is 13.0. The van der Waals surface area contributed by atoms with Crippen molar-refractivity contribution in [3.63, 3.8) is 0 Å². The van der Waals surface area contributed by atoms with E-state index in [2.05, 4.69) is 14.9 Å². The third-order valence-corrected chi connectivity index (χ3v) is 9.67. The number of anilines is 1. The number of benzene rings is 3. The van der Waals surface area contributed by atoms with E-state index in [4.69, 9.17) is 4.74 Å². The number of nitrogens with zero attached hydrogens (tertiary/aromatic N) is 2. The fourth-order valence-electron chi connectivity index (χ4n) is 4.04. The second kappa shape index (κ2) is 12.3. The van der Waals surface area contributed by atoms with Gasteiger partial charge in [-0.25, -0.2) is 21.6 Å². The number of piperazine rings is 1. The lowest BCUT2D eigenvalue weighted by molar-refractivity contribution is -0.118. The molecule has 1 heterocycles. The Morgan fingerprint density at radius 1 is 0.872 bits per heavy atom. The summed E-state index contributed by atoms with van der Waals surface area (Å²) in [5.41, 5.74) is 1.84. The first-order valence-corrected chi connectivity index (χ1v) is 15.3. The number of aryl methyl sites for hydroxylation is 1. The van der Waals surface area contributed by atoms with Gasteiger partial charge in [0.1, 0.15) is 5.75 Å². The molecule has 0 spiro atoms. The van der Waals surface area contributed by atoms with Gasteiger partial charge in [-0.1, -0.05) is 30.3 Å². The molecule has 39 heavy (non-hydrogen) atoms. The maximum absolute atomic E-state index is 12.9. The Kier molecular flexibility index (Phi) is 9.03. The number of hydrogen-bond donors (Lipinski definition) is 2. The van der Waals surface area contributed by atoms with Gasteiger partial charge in [-0.2, -0.15) is 4.31 Å². The summed E-state index contributed by atoms with van der Waals surface area (Å²) in [4.78, 5) is 14.8. The lowest BCUT2D eigenvalue weighted by atomic mass is 10.2. The molecule has 0 aromatic heterocycles. The molecule has 4 rings (SSSR count). The van der Waals surface area contributed by atoms with E-state index in [1.807, 2.05) is 37.4 Å². The molecule has 208 valence electrons. The zero-order valence-electron chi connectivity index (χ0n) is 21.8. The van der Waals surface area contributed by atoms with Crippen LogP contribution in [0.15, 0.2) is 82.6 Å². The molecular formula is C27H32N4O6S2. The summed E-state index contributed by atoms with van der Waals surface area (Å²) in [6, 6.07) is 19.6. The summed E-state index contributed by atoms with van der Waals surface area (Å²) < 4.78 is 60.7. The lowest BCUT2D eigenvalue weighted by Crippen LogP contribution is -2.46. The smallest absolute Gasteiger partial charge is 0.262 e. The Hall–Kier alpha value is -3.29. The van der Waals surface area contributed by atoms with Crippen molar-refractivity contribution in [2.45, 2.75) is 23.3 Å². The van der Waals surface area contributed by atoms with Crippen molar-refractivity contribution in [2.75, 3.05) is 45.2 Å². The Morgan fingerprint density at radius 3 is 2.15 bits per heavy atom. The van der Waals surface area contributed by atoms with Gasteiger partial charge in [0.2, 0.25) is 20.0 Å². The molecule has 1 aliphatic heterocycles. The van der Waals surface area contributed by atoms with Gasteiger partial charge >= 0.3 is 0 Å². The SMILES string of the molecule is Cc1cc(S(=O)(=O)NCc2ccccc2)ccc1OCC(=O)Nc1ccc(S(=O)(=O)N2CCN(C)CC2)cc1. The minimum Gasteiger partial charge on any atom is -0.483 e. The van der Waals surface area contributed by atoms with E-state index in [-0.39, 0.29) is 22.9 Å². The molecule has 0 saturated carbocycles. The normalized spacial score (nSPS) is 15.1. The number of amides is 1. The van der Waals surface area contributed by atoms with Crippen molar-refractivity contribution >= 4 is 31.6 Å². The van der Waals surface area contributed by atoms with E-state index in [1.54, 1.807) is 6.92 Å². The Balaban J connectivity index is 1.30. The summed E-state index contributed by atoms with van der Waals surface area (Å²) in [6.45, 7) is 3.79. The summed E-state index contributed by atoms with van der Waals surface area (Å²) in [7, 11) is -5.36. The minimum atomic E-state index is -3.73. The topological polar surface area (TPSA) is 125 Å². The summed E-state index contributed by atoms with van der Waals surface area (Å²) in [5, 5.41) is 2.68. The molecule has 10 nitrogen and oxygen atoms in total. The Bertz CT molecular complexity index is 1500. The van der Waals surface area contributed by atoms with Gasteiger partial charge in [0.05, 0.1) is 9.79 Å². The van der Waals surface area contributed by atoms with Crippen molar-refractivity contribution in [1.29, 1.82) is 0 Å². The van der Waals surface area contributed by atoms with Crippen molar-refractivity contribution < 1.29 is 26.4 Å². The molecule has 0 aliphatic carbocycles. The number of rotatable bonds is 10. The van der Waals surface area contributed by atoms with Crippen molar-refractivity contribution in [2.24, 2.45) is 0 Å². The second-order valence-electron chi connectivity index (χ2n) is 9.31. The summed E-state index contributed by atoms with van der Waals surface area (Å²) >= 11 is 0. The predicted octanol–water partition coefficient (Wildman–Crippen LogP) is 2.43. The monoisotopic (exact) mass is 572 g/mol. The first kappa shape index (κ1) is 28.7. The lowest BCUT2D eigenvalue weighted by Gasteiger charge is -2.31. The highest BCUT2D eigenvalue weighted by atomic mass is 32.2. The Morgan fingerprint density at radius 2 is 1.51 bits per heavy atom. The largest absolute Gasteiger partial charge is 0.483 e. The van der Waals surface area contributed by atoms with E-state index in [9.17, 15) is 21.6 Å². The molecule has 0 atom stereocenters. The van der Waals surface area contributed by atoms with Crippen LogP contribution < -0.4 is 14.8 Å². The molecule has 3 aromatic carbocycles. The van der Waals surface area contributed by atoms with Crippen molar-refractivity contribution in [3.8, 4) is 5.75 Å². The number of hydrogen-bond acceptors (Lipinski definition) is 7. The highest BCUT2D eigenvalue weighted by Crippen LogP contribution is 2.23. The average molecular weight is 573 g/mol. The maximum Gasteiger partial charge on any atom is 0.262 e. The number of nitrogens with one attached hydrogen (secondary N) is 2. The molecule has 0 unspecified atom stereocenters. The van der Waals surface area contributed by atoms with Crippen LogP contribution >= 0.6 is 0 Å². The molecule has 1 amide bonds. The number of sulfonamides is 2. The van der Waals surface area contributed by atoms with Crippen molar-refractivity contribution in [1.82, 2.24) is 13.9 Å². The quantitative estimate of drug-likeness (QED) is 0.382. The molecule has 1 fully saturated rings. The van der Waals surface area contributed by atoms with Crippen LogP contribution in [0, 0.1) is 6.92 Å². The fourth-order valence-corrected chi connectivity index (χ4v) is 6.56. The highest BCUT2D eigenvalue weighted by molar-refractivity contribution is 7.89. The fraction of sp³-hybridized carbons (Fsp3) is 0.296. The zero-order valence-corrected chi connectivity index (χ0v) is 23.5. The maximum atomic E-state index is 12.9. The van der Waals surface area contributed by atoms with E-state index in [0.29, 0.717) is 43.2 Å². The number of likely N-dealkylation sites (N-methyl/N-ethyl adjacent to an activating group) is 1. The van der Waals surface area contributed by atoms with Gasteiger partial charge in [0.15, 0.2) is 6.61 Å². The van der Waals surface area contributed by atoms with Gasteiger partial charge in [-0.15, -0.1) is 0 Å². The van der Waals surface area contributed by atoms with E-state index in [0.717, 1.165) is 5.56 Å². The van der Waals surface area contributed by atoms with Gasteiger partial charge < -0.3 is 15.0 Å². The third kappa shape index (κ3) is 7.43. The summed E-state index contributed by atoms with van der Waals surface area (Å²) in [6.07, 6.45) is 0. The standard InChI is InChI=1S/C27H32N4O6S2/c1-21-18-25(38(33,34)28-19-22-6-4-3-5-7-22)12-13-26(21)37-20-27(32)29-23-8-10-24(11-9-23)39(35,36)31-16-14-30(2)15-17-31/h3-13,18,28H,14-17,19-20H2,1-2H3,(H,29,32). The molecular weight excluding hydrogens is 540 g/mol. The molecule has 0 radical (unpaired) electrons. The van der Waals surface area contributed by atoms with Crippen LogP contribution in [0.5, 0.6) is 5.75 Å². The van der Waals surface area contributed by atoms with Gasteiger partial charge in [-0.05, 0) is 67.6 Å². The molecule has 12 heteroatoms. The molecule has 0 bridgehead atoms. The van der Waals surface area contributed by atoms with Crippen LogP contribution in [-0.4, -0.2) is 71.8 Å². The van der Waals surface area contributed by atoms with Crippen molar-refractivity contribution in [3.05, 3.63) is 83.9 Å². The first-order chi connectivity index (χ1) is 18.5. The van der Waals surface area contributed by atoms with E-state index < -0.39 is 26.0 Å². The molecule has 1 aliphatic rings. The predicted molar refractivity (Wildman–Crippen MR) is 148 cm³/mol. The van der Waals surface area contributed by atoms with Gasteiger partial charge in [0.25, 0.3) is 5.91 Å². The van der Waals surface area contributed by atoms with Crippen LogP contribution in [0.1, 0.15) is 11.1 Å². The van der Waals surface area contributed by atoms with E-state index in [1.165, 1.54) is 46.8 Å². The average Bonchev–Trinajstić information content (AvgIpc) is 2.92. The third-order valence-electron chi connectivity index (χ3n) is 6.36. The number of carbonyl (C=O) groups is 1. The minimum absolute atomic E-state index is 0.0966. The van der Waals surface area contributed by atoms with Crippen LogP contribution in [-0.2, 0) is 31.4 Å². The van der Waals surface area contributed by atoms with E-state index >= 15 is 0 Å². The highest BCUT2D eigenvalue weighted by Gasteiger charge is 2.27. The molecule has 1 saturated heterocycles.